The second-order valence-electron chi connectivity index (χ2n) is 4.96. The fourth-order valence-electron chi connectivity index (χ4n) is 1.56. The van der Waals surface area contributed by atoms with E-state index in [1.165, 1.54) is 25.0 Å². The maximum absolute atomic E-state index is 11.5. The molecule has 0 radical (unpaired) electrons. The van der Waals surface area contributed by atoms with Crippen LogP contribution in [-0.4, -0.2) is 62.5 Å². The number of aliphatic imine (C=N–C) groups is 1. The second kappa shape index (κ2) is 13.8. The van der Waals surface area contributed by atoms with E-state index in [1.54, 1.807) is 25.1 Å². The number of guanidine groups is 1. The number of carbonyl (C=O) groups is 1. The zero-order valence-electron chi connectivity index (χ0n) is 13.7. The van der Waals surface area contributed by atoms with Gasteiger partial charge in [0.05, 0.1) is 0 Å². The number of rotatable bonds is 11. The minimum absolute atomic E-state index is 0.00762. The summed E-state index contributed by atoms with van der Waals surface area (Å²) in [6.45, 7) is 5.34. The van der Waals surface area contributed by atoms with Gasteiger partial charge in [0.15, 0.2) is 5.96 Å². The van der Waals surface area contributed by atoms with E-state index in [-0.39, 0.29) is 12.5 Å². The summed E-state index contributed by atoms with van der Waals surface area (Å²) in [4.78, 5) is 17.4. The Kier molecular flexibility index (Phi) is 13.0. The average Bonchev–Trinajstić information content (AvgIpc) is 2.47. The van der Waals surface area contributed by atoms with E-state index >= 15 is 0 Å². The van der Waals surface area contributed by atoms with Crippen molar-refractivity contribution in [2.24, 2.45) is 4.99 Å². The third-order valence-electron chi connectivity index (χ3n) is 2.85. The van der Waals surface area contributed by atoms with E-state index in [0.29, 0.717) is 12.5 Å². The molecule has 0 unspecified atom stereocenters. The average molecular weight is 314 g/mol. The van der Waals surface area contributed by atoms with Gasteiger partial charge in [-0.3, -0.25) is 4.79 Å². The Labute approximate surface area is 133 Å². The molecule has 122 valence electrons. The van der Waals surface area contributed by atoms with E-state index in [9.17, 15) is 4.79 Å². The molecule has 21 heavy (non-hydrogen) atoms. The second-order valence-corrected chi connectivity index (χ2v) is 5.94. The van der Waals surface area contributed by atoms with Crippen molar-refractivity contribution in [1.29, 1.82) is 0 Å². The van der Waals surface area contributed by atoms with Crippen LogP contribution in [0.1, 0.15) is 25.7 Å². The first kappa shape index (κ1) is 19.8. The molecule has 0 atom stereocenters. The van der Waals surface area contributed by atoms with E-state index in [4.69, 9.17) is 0 Å². The van der Waals surface area contributed by atoms with E-state index in [0.717, 1.165) is 13.0 Å². The van der Waals surface area contributed by atoms with Gasteiger partial charge in [-0.1, -0.05) is 18.9 Å². The van der Waals surface area contributed by atoms with Crippen LogP contribution in [0.15, 0.2) is 17.6 Å². The zero-order valence-corrected chi connectivity index (χ0v) is 14.5. The molecule has 5 nitrogen and oxygen atoms in total. The highest BCUT2D eigenvalue weighted by Crippen LogP contribution is 2.03. The Balaban J connectivity index is 3.97. The summed E-state index contributed by atoms with van der Waals surface area (Å²) in [7, 11) is 3.47. The lowest BCUT2D eigenvalue weighted by atomic mass is 10.2. The van der Waals surface area contributed by atoms with Crippen molar-refractivity contribution in [2.75, 3.05) is 45.7 Å². The molecule has 0 spiro atoms. The number of carbonyl (C=O) groups excluding carboxylic acids is 1. The highest BCUT2D eigenvalue weighted by molar-refractivity contribution is 7.98. The molecule has 0 aromatic heterocycles. The predicted octanol–water partition coefficient (Wildman–Crippen LogP) is 1.72. The number of unbranched alkanes of at least 4 members (excludes halogenated alkanes) is 3. The lowest BCUT2D eigenvalue weighted by molar-refractivity contribution is -0.127. The number of hydrogen-bond acceptors (Lipinski definition) is 3. The molecule has 0 heterocycles. The predicted molar refractivity (Wildman–Crippen MR) is 94.0 cm³/mol. The summed E-state index contributed by atoms with van der Waals surface area (Å²) in [5, 5.41) is 6.38. The molecule has 0 bridgehead atoms. The quantitative estimate of drug-likeness (QED) is 0.264. The Morgan fingerprint density at radius 1 is 1.24 bits per heavy atom. The molecule has 1 amide bonds. The number of amides is 1. The van der Waals surface area contributed by atoms with Gasteiger partial charge in [-0.2, -0.15) is 11.8 Å². The summed E-state index contributed by atoms with van der Waals surface area (Å²) in [5.74, 6) is 1.91. The number of hydrogen-bond donors (Lipinski definition) is 2. The first-order chi connectivity index (χ1) is 10.1. The van der Waals surface area contributed by atoms with E-state index in [1.807, 2.05) is 11.8 Å². The highest BCUT2D eigenvalue weighted by atomic mass is 32.2. The summed E-state index contributed by atoms with van der Waals surface area (Å²) < 4.78 is 0. The van der Waals surface area contributed by atoms with Crippen molar-refractivity contribution < 1.29 is 4.79 Å². The van der Waals surface area contributed by atoms with Crippen LogP contribution >= 0.6 is 11.8 Å². The molecular formula is C15H30N4OS. The van der Waals surface area contributed by atoms with Gasteiger partial charge in [-0.05, 0) is 24.9 Å². The van der Waals surface area contributed by atoms with Gasteiger partial charge in [0.25, 0.3) is 0 Å². The van der Waals surface area contributed by atoms with Crippen molar-refractivity contribution in [3.8, 4) is 0 Å². The molecule has 2 N–H and O–H groups in total. The van der Waals surface area contributed by atoms with E-state index < -0.39 is 0 Å². The molecular weight excluding hydrogens is 284 g/mol. The van der Waals surface area contributed by atoms with Crippen LogP contribution in [0.2, 0.25) is 0 Å². The molecule has 0 fully saturated rings. The molecule has 0 aliphatic heterocycles. The van der Waals surface area contributed by atoms with Crippen LogP contribution in [0, 0.1) is 0 Å². The third-order valence-corrected chi connectivity index (χ3v) is 3.55. The Morgan fingerprint density at radius 3 is 2.57 bits per heavy atom. The molecule has 0 aliphatic rings. The fourth-order valence-corrected chi connectivity index (χ4v) is 2.06. The number of likely N-dealkylation sites (N-methyl/N-ethyl adjacent to an activating group) is 1. The van der Waals surface area contributed by atoms with Gasteiger partial charge < -0.3 is 15.5 Å². The first-order valence-corrected chi connectivity index (χ1v) is 8.83. The minimum Gasteiger partial charge on any atom is -0.356 e. The molecule has 0 aromatic carbocycles. The molecule has 0 aromatic rings. The van der Waals surface area contributed by atoms with Crippen molar-refractivity contribution in [1.82, 2.24) is 15.5 Å². The van der Waals surface area contributed by atoms with Gasteiger partial charge in [-0.15, -0.1) is 6.58 Å². The molecule has 6 heteroatoms. The Hall–Kier alpha value is -1.17. The summed E-state index contributed by atoms with van der Waals surface area (Å²) in [5.41, 5.74) is 0. The van der Waals surface area contributed by atoms with Crippen LogP contribution in [-0.2, 0) is 4.79 Å². The van der Waals surface area contributed by atoms with Crippen molar-refractivity contribution in [2.45, 2.75) is 25.7 Å². The molecule has 0 saturated heterocycles. The van der Waals surface area contributed by atoms with Crippen molar-refractivity contribution >= 4 is 23.6 Å². The lowest BCUT2D eigenvalue weighted by Gasteiger charge is -2.12. The largest absolute Gasteiger partial charge is 0.356 e. The lowest BCUT2D eigenvalue weighted by Crippen LogP contribution is -2.39. The minimum atomic E-state index is -0.00762. The summed E-state index contributed by atoms with van der Waals surface area (Å²) in [6, 6.07) is 0. The third kappa shape index (κ3) is 12.3. The van der Waals surface area contributed by atoms with Crippen LogP contribution < -0.4 is 10.6 Å². The van der Waals surface area contributed by atoms with Crippen LogP contribution in [0.5, 0.6) is 0 Å². The Bertz CT molecular complexity index is 319. The number of thioether (sulfide) groups is 1. The van der Waals surface area contributed by atoms with Gasteiger partial charge in [0, 0.05) is 27.2 Å². The fraction of sp³-hybridized carbons (Fsp3) is 0.733. The summed E-state index contributed by atoms with van der Waals surface area (Å²) >= 11 is 1.90. The maximum atomic E-state index is 11.5. The van der Waals surface area contributed by atoms with Crippen LogP contribution in [0.4, 0.5) is 0 Å². The SMILES string of the molecule is C=CCNC(=NCC(=O)N(C)C)NCCCCCCSC. The van der Waals surface area contributed by atoms with Crippen LogP contribution in [0.3, 0.4) is 0 Å². The summed E-state index contributed by atoms with van der Waals surface area (Å²) in [6.07, 6.45) is 8.81. The standard InChI is InChI=1S/C15H30N4OS/c1-5-10-16-15(18-13-14(20)19(2)3)17-11-8-6-7-9-12-21-4/h5H,1,6-13H2,2-4H3,(H2,16,17,18). The van der Waals surface area contributed by atoms with Gasteiger partial charge in [-0.25, -0.2) is 4.99 Å². The van der Waals surface area contributed by atoms with Crippen molar-refractivity contribution in [3.63, 3.8) is 0 Å². The highest BCUT2D eigenvalue weighted by Gasteiger charge is 2.03. The molecule has 0 aliphatic carbocycles. The molecule has 0 rings (SSSR count). The molecule has 0 saturated carbocycles. The maximum Gasteiger partial charge on any atom is 0.243 e. The first-order valence-electron chi connectivity index (χ1n) is 7.44. The van der Waals surface area contributed by atoms with Gasteiger partial charge in [0.1, 0.15) is 6.54 Å². The van der Waals surface area contributed by atoms with Gasteiger partial charge >= 0.3 is 0 Å². The van der Waals surface area contributed by atoms with Crippen molar-refractivity contribution in [3.05, 3.63) is 12.7 Å². The van der Waals surface area contributed by atoms with Crippen LogP contribution in [0.25, 0.3) is 0 Å². The zero-order chi connectivity index (χ0) is 15.9. The number of nitrogens with one attached hydrogen (secondary N) is 2. The smallest absolute Gasteiger partial charge is 0.243 e. The van der Waals surface area contributed by atoms with E-state index in [2.05, 4.69) is 28.5 Å². The van der Waals surface area contributed by atoms with Gasteiger partial charge in [0.2, 0.25) is 5.91 Å². The normalized spacial score (nSPS) is 11.1. The number of nitrogens with zero attached hydrogens (tertiary/aromatic N) is 2. The topological polar surface area (TPSA) is 56.7 Å². The monoisotopic (exact) mass is 314 g/mol. The Morgan fingerprint density at radius 2 is 1.95 bits per heavy atom.